The first-order chi connectivity index (χ1) is 14.4. The molecule has 0 spiro atoms. The van der Waals surface area contributed by atoms with E-state index in [-0.39, 0.29) is 11.9 Å². The van der Waals surface area contributed by atoms with Crippen molar-refractivity contribution in [2.45, 2.75) is 20.8 Å². The van der Waals surface area contributed by atoms with Crippen LogP contribution < -0.4 is 4.90 Å². The van der Waals surface area contributed by atoms with Gasteiger partial charge in [-0.2, -0.15) is 0 Å². The molecule has 1 aliphatic rings. The third-order valence-corrected chi connectivity index (χ3v) is 5.50. The van der Waals surface area contributed by atoms with Crippen molar-refractivity contribution in [2.75, 3.05) is 18.6 Å². The van der Waals surface area contributed by atoms with Crippen molar-refractivity contribution < 1.29 is 14.3 Å². The first-order valence-corrected chi connectivity index (χ1v) is 9.98. The number of benzene rings is 2. The normalized spacial score (nSPS) is 14.3. The number of fused-ring (bicyclic) bond motifs is 1. The first-order valence-electron chi connectivity index (χ1n) is 9.98. The lowest BCUT2D eigenvalue weighted by Gasteiger charge is -2.10. The van der Waals surface area contributed by atoms with Crippen LogP contribution in [0.5, 0.6) is 0 Å². The van der Waals surface area contributed by atoms with E-state index in [4.69, 9.17) is 4.74 Å². The summed E-state index contributed by atoms with van der Waals surface area (Å²) >= 11 is 0. The van der Waals surface area contributed by atoms with Crippen molar-refractivity contribution in [1.82, 2.24) is 4.57 Å². The van der Waals surface area contributed by atoms with Gasteiger partial charge in [0.05, 0.1) is 17.9 Å². The van der Waals surface area contributed by atoms with Crippen LogP contribution in [-0.2, 0) is 9.53 Å². The highest BCUT2D eigenvalue weighted by Crippen LogP contribution is 2.37. The summed E-state index contributed by atoms with van der Waals surface area (Å²) in [5, 5.41) is 0. The Morgan fingerprint density at radius 3 is 2.47 bits per heavy atom. The summed E-state index contributed by atoms with van der Waals surface area (Å²) in [7, 11) is 1.80. The lowest BCUT2D eigenvalue weighted by atomic mass is 10.0. The highest BCUT2D eigenvalue weighted by atomic mass is 16.5. The molecule has 2 heterocycles. The third-order valence-electron chi connectivity index (χ3n) is 5.50. The van der Waals surface area contributed by atoms with E-state index >= 15 is 0 Å². The SMILES string of the molecule is CCOC(=O)c1ccc(-n2c(C)cc(/C=C3/C(=O)N(C)c4ccccc43)c2C)cc1. The molecule has 2 aromatic carbocycles. The van der Waals surface area contributed by atoms with Crippen LogP contribution in [0.1, 0.15) is 39.8 Å². The molecule has 0 aliphatic carbocycles. The van der Waals surface area contributed by atoms with E-state index in [0.717, 1.165) is 33.9 Å². The smallest absolute Gasteiger partial charge is 0.338 e. The number of rotatable bonds is 4. The average molecular weight is 400 g/mol. The van der Waals surface area contributed by atoms with Gasteiger partial charge in [0.15, 0.2) is 0 Å². The van der Waals surface area contributed by atoms with Gasteiger partial charge in [-0.05, 0) is 68.8 Å². The fourth-order valence-corrected chi connectivity index (χ4v) is 3.99. The average Bonchev–Trinajstić information content (AvgIpc) is 3.16. The van der Waals surface area contributed by atoms with Crippen molar-refractivity contribution in [3.05, 3.63) is 82.7 Å². The molecule has 152 valence electrons. The van der Waals surface area contributed by atoms with E-state index in [1.54, 1.807) is 31.0 Å². The highest BCUT2D eigenvalue weighted by molar-refractivity contribution is 6.35. The monoisotopic (exact) mass is 400 g/mol. The summed E-state index contributed by atoms with van der Waals surface area (Å²) in [6.45, 7) is 6.21. The zero-order valence-corrected chi connectivity index (χ0v) is 17.6. The van der Waals surface area contributed by atoms with Crippen molar-refractivity contribution >= 4 is 29.2 Å². The van der Waals surface area contributed by atoms with E-state index < -0.39 is 0 Å². The number of para-hydroxylation sites is 1. The minimum atomic E-state index is -0.321. The fraction of sp³-hybridized carbons (Fsp3) is 0.200. The Morgan fingerprint density at radius 2 is 1.77 bits per heavy atom. The number of hydrogen-bond acceptors (Lipinski definition) is 3. The Hall–Kier alpha value is -3.60. The zero-order chi connectivity index (χ0) is 21.4. The van der Waals surface area contributed by atoms with E-state index in [0.29, 0.717) is 17.7 Å². The minimum absolute atomic E-state index is 0.000192. The number of ether oxygens (including phenoxy) is 1. The van der Waals surface area contributed by atoms with Crippen LogP contribution in [0.3, 0.4) is 0 Å². The Balaban J connectivity index is 1.73. The van der Waals surface area contributed by atoms with Gasteiger partial charge in [-0.25, -0.2) is 4.79 Å². The van der Waals surface area contributed by atoms with Crippen LogP contribution in [0, 0.1) is 13.8 Å². The minimum Gasteiger partial charge on any atom is -0.462 e. The molecule has 1 amide bonds. The van der Waals surface area contributed by atoms with E-state index in [1.165, 1.54) is 0 Å². The summed E-state index contributed by atoms with van der Waals surface area (Å²) in [6, 6.07) is 17.3. The quantitative estimate of drug-likeness (QED) is 0.467. The fourth-order valence-electron chi connectivity index (χ4n) is 3.99. The lowest BCUT2D eigenvalue weighted by molar-refractivity contribution is -0.112. The van der Waals surface area contributed by atoms with Gasteiger partial charge in [-0.15, -0.1) is 0 Å². The van der Waals surface area contributed by atoms with Gasteiger partial charge >= 0.3 is 5.97 Å². The molecular weight excluding hydrogens is 376 g/mol. The number of aryl methyl sites for hydroxylation is 1. The molecule has 3 aromatic rings. The van der Waals surface area contributed by atoms with Crippen molar-refractivity contribution in [3.63, 3.8) is 0 Å². The third kappa shape index (κ3) is 3.22. The summed E-state index contributed by atoms with van der Waals surface area (Å²) in [5.41, 5.74) is 7.14. The maximum Gasteiger partial charge on any atom is 0.338 e. The Kier molecular flexibility index (Phi) is 5.04. The summed E-state index contributed by atoms with van der Waals surface area (Å²) in [4.78, 5) is 26.4. The number of carbonyl (C=O) groups excluding carboxylic acids is 2. The van der Waals surface area contributed by atoms with Crippen LogP contribution in [0.4, 0.5) is 5.69 Å². The predicted octanol–water partition coefficient (Wildman–Crippen LogP) is 4.79. The Morgan fingerprint density at radius 1 is 1.07 bits per heavy atom. The zero-order valence-electron chi connectivity index (χ0n) is 17.6. The number of carbonyl (C=O) groups is 2. The maximum atomic E-state index is 12.8. The molecule has 0 saturated heterocycles. The number of amides is 1. The number of anilines is 1. The van der Waals surface area contributed by atoms with Crippen molar-refractivity contribution in [1.29, 1.82) is 0 Å². The molecule has 30 heavy (non-hydrogen) atoms. The van der Waals surface area contributed by atoms with E-state index in [2.05, 4.69) is 10.6 Å². The molecule has 0 fully saturated rings. The molecule has 0 bridgehead atoms. The summed E-state index contributed by atoms with van der Waals surface area (Å²) in [6.07, 6.45) is 1.97. The van der Waals surface area contributed by atoms with Gasteiger partial charge in [0.1, 0.15) is 0 Å². The molecule has 4 rings (SSSR count). The van der Waals surface area contributed by atoms with Crippen LogP contribution in [0.2, 0.25) is 0 Å². The molecule has 0 N–H and O–H groups in total. The number of hydrogen-bond donors (Lipinski definition) is 0. The molecule has 5 heteroatoms. The molecule has 0 saturated carbocycles. The number of nitrogens with zero attached hydrogens (tertiary/aromatic N) is 2. The van der Waals surface area contributed by atoms with Crippen LogP contribution in [0.15, 0.2) is 54.6 Å². The van der Waals surface area contributed by atoms with Crippen LogP contribution in [0.25, 0.3) is 17.3 Å². The number of esters is 1. The molecule has 0 unspecified atom stereocenters. The highest BCUT2D eigenvalue weighted by Gasteiger charge is 2.29. The van der Waals surface area contributed by atoms with Crippen LogP contribution >= 0.6 is 0 Å². The van der Waals surface area contributed by atoms with Crippen molar-refractivity contribution in [2.24, 2.45) is 0 Å². The second-order valence-electron chi connectivity index (χ2n) is 7.37. The molecule has 1 aliphatic heterocycles. The Labute approximate surface area is 176 Å². The largest absolute Gasteiger partial charge is 0.462 e. The molecule has 0 radical (unpaired) electrons. The summed E-state index contributed by atoms with van der Waals surface area (Å²) < 4.78 is 7.18. The Bertz CT molecular complexity index is 1170. The van der Waals surface area contributed by atoms with Crippen LogP contribution in [-0.4, -0.2) is 30.1 Å². The number of likely N-dealkylation sites (N-methyl/N-ethyl adjacent to an activating group) is 1. The summed E-state index contributed by atoms with van der Waals surface area (Å²) in [5.74, 6) is -0.322. The predicted molar refractivity (Wildman–Crippen MR) is 119 cm³/mol. The van der Waals surface area contributed by atoms with Gasteiger partial charge < -0.3 is 14.2 Å². The number of aromatic nitrogens is 1. The molecule has 0 atom stereocenters. The van der Waals surface area contributed by atoms with Gasteiger partial charge in [0.25, 0.3) is 5.91 Å². The standard InChI is InChI=1S/C25H24N2O3/c1-5-30-25(29)18-10-12-20(13-11-18)27-16(2)14-19(17(27)3)15-22-21-8-6-7-9-23(21)26(4)24(22)28/h6-15H,5H2,1-4H3/b22-15+. The topological polar surface area (TPSA) is 51.5 Å². The van der Waals surface area contributed by atoms with Crippen molar-refractivity contribution in [3.8, 4) is 5.69 Å². The second kappa shape index (κ2) is 7.67. The maximum absolute atomic E-state index is 12.8. The lowest BCUT2D eigenvalue weighted by Crippen LogP contribution is -2.20. The molecule has 5 nitrogen and oxygen atoms in total. The second-order valence-corrected chi connectivity index (χ2v) is 7.37. The van der Waals surface area contributed by atoms with Gasteiger partial charge in [-0.3, -0.25) is 4.79 Å². The van der Waals surface area contributed by atoms with Gasteiger partial charge in [0.2, 0.25) is 0 Å². The van der Waals surface area contributed by atoms with E-state index in [9.17, 15) is 9.59 Å². The molecular formula is C25H24N2O3. The van der Waals surface area contributed by atoms with Gasteiger partial charge in [-0.1, -0.05) is 18.2 Å². The van der Waals surface area contributed by atoms with Gasteiger partial charge in [0, 0.05) is 35.3 Å². The molecule has 1 aromatic heterocycles. The van der Waals surface area contributed by atoms with E-state index in [1.807, 2.05) is 56.3 Å². The first kappa shape index (κ1) is 19.7.